The van der Waals surface area contributed by atoms with Crippen molar-refractivity contribution in [1.29, 1.82) is 5.26 Å². The monoisotopic (exact) mass is 533 g/mol. The number of ether oxygens (including phenoxy) is 2. The Morgan fingerprint density at radius 2 is 2.05 bits per heavy atom. The largest absolute Gasteiger partial charge is 0.483 e. The van der Waals surface area contributed by atoms with Crippen molar-refractivity contribution in [2.45, 2.75) is 36.8 Å². The summed E-state index contributed by atoms with van der Waals surface area (Å²) in [6.07, 6.45) is 3.51. The third-order valence-corrected chi connectivity index (χ3v) is 7.59. The number of nitriles is 1. The number of piperidine rings is 1. The Morgan fingerprint density at radius 1 is 1.15 bits per heavy atom. The molecule has 2 N–H and O–H groups in total. The first-order chi connectivity index (χ1) is 19.0. The fourth-order valence-corrected chi connectivity index (χ4v) is 5.23. The average Bonchev–Trinajstić information content (AvgIpc) is 3.39. The van der Waals surface area contributed by atoms with Crippen LogP contribution in [0.5, 0.6) is 5.75 Å². The zero-order valence-corrected chi connectivity index (χ0v) is 21.3. The number of pyridine rings is 1. The molecule has 0 bridgehead atoms. The van der Waals surface area contributed by atoms with Gasteiger partial charge in [0, 0.05) is 30.9 Å². The molecular formula is C28H29F2N7O2. The molecule has 3 aliphatic heterocycles. The summed E-state index contributed by atoms with van der Waals surface area (Å²) < 4.78 is 39.3. The number of nitrogens with one attached hydrogen (secondary N) is 2. The van der Waals surface area contributed by atoms with Gasteiger partial charge in [-0.15, -0.1) is 0 Å². The van der Waals surface area contributed by atoms with Crippen LogP contribution in [0.15, 0.2) is 48.8 Å². The Bertz CT molecular complexity index is 1360. The number of aromatic nitrogens is 3. The minimum absolute atomic E-state index is 0.135. The molecule has 0 amide bonds. The predicted molar refractivity (Wildman–Crippen MR) is 140 cm³/mol. The predicted octanol–water partition coefficient (Wildman–Crippen LogP) is 3.72. The maximum atomic E-state index is 14.2. The van der Waals surface area contributed by atoms with Crippen LogP contribution in [0, 0.1) is 11.3 Å². The van der Waals surface area contributed by atoms with Crippen molar-refractivity contribution in [3.05, 3.63) is 59.9 Å². The van der Waals surface area contributed by atoms with Gasteiger partial charge in [0.25, 0.3) is 5.92 Å². The number of halogens is 2. The Kier molecular flexibility index (Phi) is 7.08. The molecule has 1 aromatic carbocycles. The number of anilines is 2. The molecule has 3 aliphatic rings. The molecule has 3 aromatic rings. The van der Waals surface area contributed by atoms with Gasteiger partial charge in [0.05, 0.1) is 37.1 Å². The lowest BCUT2D eigenvalue weighted by Crippen LogP contribution is -2.52. The minimum atomic E-state index is -3.01. The Balaban J connectivity index is 1.13. The van der Waals surface area contributed by atoms with E-state index in [1.54, 1.807) is 30.5 Å². The Hall–Kier alpha value is -3.72. The zero-order chi connectivity index (χ0) is 26.8. The Morgan fingerprint density at radius 3 is 2.79 bits per heavy atom. The lowest BCUT2D eigenvalue weighted by atomic mass is 10.0. The van der Waals surface area contributed by atoms with Crippen molar-refractivity contribution in [3.8, 4) is 23.1 Å². The van der Waals surface area contributed by atoms with Gasteiger partial charge in [-0.3, -0.25) is 4.90 Å². The third kappa shape index (κ3) is 5.54. The quantitative estimate of drug-likeness (QED) is 0.470. The molecule has 3 saturated heterocycles. The molecule has 0 spiro atoms. The van der Waals surface area contributed by atoms with Crippen LogP contribution in [0.2, 0.25) is 0 Å². The maximum absolute atomic E-state index is 14.2. The highest BCUT2D eigenvalue weighted by molar-refractivity contribution is 5.65. The van der Waals surface area contributed by atoms with Crippen molar-refractivity contribution >= 4 is 11.8 Å². The molecule has 39 heavy (non-hydrogen) atoms. The minimum Gasteiger partial charge on any atom is -0.483 e. The van der Waals surface area contributed by atoms with Crippen LogP contribution in [-0.4, -0.2) is 77.3 Å². The molecule has 0 aliphatic carbocycles. The highest BCUT2D eigenvalue weighted by Gasteiger charge is 2.43. The van der Waals surface area contributed by atoms with Crippen LogP contribution < -0.4 is 15.4 Å². The van der Waals surface area contributed by atoms with Gasteiger partial charge in [-0.1, -0.05) is 6.07 Å². The van der Waals surface area contributed by atoms with Gasteiger partial charge in [-0.2, -0.15) is 5.26 Å². The summed E-state index contributed by atoms with van der Waals surface area (Å²) in [6, 6.07) is 13.2. The first-order valence-corrected chi connectivity index (χ1v) is 13.2. The molecule has 2 aromatic heterocycles. The lowest BCUT2D eigenvalue weighted by Gasteiger charge is -2.34. The molecule has 202 valence electrons. The molecule has 0 saturated carbocycles. The van der Waals surface area contributed by atoms with Crippen molar-refractivity contribution in [3.63, 3.8) is 0 Å². The van der Waals surface area contributed by atoms with E-state index in [9.17, 15) is 14.0 Å². The number of rotatable bonds is 7. The van der Waals surface area contributed by atoms with Crippen molar-refractivity contribution in [2.24, 2.45) is 0 Å². The van der Waals surface area contributed by atoms with Crippen LogP contribution in [0.4, 0.5) is 20.5 Å². The number of nitrogens with zero attached hydrogens (tertiary/aromatic N) is 5. The number of alkyl halides is 2. The van der Waals surface area contributed by atoms with Gasteiger partial charge in [0.1, 0.15) is 17.6 Å². The third-order valence-electron chi connectivity index (χ3n) is 7.59. The van der Waals surface area contributed by atoms with Crippen molar-refractivity contribution < 1.29 is 18.3 Å². The molecule has 5 heterocycles. The van der Waals surface area contributed by atoms with Crippen LogP contribution in [0.3, 0.4) is 0 Å². The Labute approximate surface area is 225 Å². The number of hydrogen-bond acceptors (Lipinski definition) is 9. The summed E-state index contributed by atoms with van der Waals surface area (Å²) >= 11 is 0. The van der Waals surface area contributed by atoms with Gasteiger partial charge in [0.2, 0.25) is 5.95 Å². The molecule has 2 unspecified atom stereocenters. The van der Waals surface area contributed by atoms with E-state index in [-0.39, 0.29) is 17.7 Å². The SMILES string of the molecule is N#Cc1cc(-c2ccnc(Nc3ccc(C4CCN(C5COC5)C4)cn3)n2)ccc1OC1CCNCC1(F)F. The molecule has 9 nitrogen and oxygen atoms in total. The molecule has 2 atom stereocenters. The highest BCUT2D eigenvalue weighted by Crippen LogP contribution is 2.33. The second-order valence-electron chi connectivity index (χ2n) is 10.2. The maximum Gasteiger partial charge on any atom is 0.296 e. The van der Waals surface area contributed by atoms with E-state index in [1.165, 1.54) is 5.56 Å². The molecule has 3 fully saturated rings. The summed E-state index contributed by atoms with van der Waals surface area (Å²) in [4.78, 5) is 15.9. The van der Waals surface area contributed by atoms with Crippen LogP contribution in [0.1, 0.15) is 29.9 Å². The average molecular weight is 534 g/mol. The first-order valence-electron chi connectivity index (χ1n) is 13.2. The van der Waals surface area contributed by atoms with Gasteiger partial charge >= 0.3 is 0 Å². The zero-order valence-electron chi connectivity index (χ0n) is 21.3. The summed E-state index contributed by atoms with van der Waals surface area (Å²) in [5, 5.41) is 15.5. The van der Waals surface area contributed by atoms with E-state index < -0.39 is 18.6 Å². The van der Waals surface area contributed by atoms with Gasteiger partial charge in [-0.05, 0) is 61.3 Å². The summed E-state index contributed by atoms with van der Waals surface area (Å²) in [5.41, 5.74) is 2.60. The lowest BCUT2D eigenvalue weighted by molar-refractivity contribution is -0.109. The molecule has 0 radical (unpaired) electrons. The van der Waals surface area contributed by atoms with E-state index >= 15 is 0 Å². The fraction of sp³-hybridized carbons (Fsp3) is 0.429. The summed E-state index contributed by atoms with van der Waals surface area (Å²) in [7, 11) is 0. The fourth-order valence-electron chi connectivity index (χ4n) is 5.23. The molecular weight excluding hydrogens is 504 g/mol. The summed E-state index contributed by atoms with van der Waals surface area (Å²) in [6.45, 7) is 3.78. The standard InChI is InChI=1S/C28H29F2N7O2/c29-28(30)17-32-8-6-25(28)39-24-3-1-18(11-21(24)12-31)23-5-9-33-27(35-23)36-26-4-2-19(13-34-26)20-7-10-37(14-20)22-15-38-16-22/h1-5,9,11,13,20,22,25,32H,6-8,10,14-17H2,(H,33,34,35,36). The van der Waals surface area contributed by atoms with Crippen LogP contribution in [0.25, 0.3) is 11.3 Å². The second kappa shape index (κ2) is 10.8. The molecule has 6 rings (SSSR count). The second-order valence-corrected chi connectivity index (χ2v) is 10.2. The van der Waals surface area contributed by atoms with Crippen molar-refractivity contribution in [2.75, 3.05) is 44.7 Å². The van der Waals surface area contributed by atoms with Crippen LogP contribution >= 0.6 is 0 Å². The topological polar surface area (TPSA) is 108 Å². The van der Waals surface area contributed by atoms with Crippen molar-refractivity contribution in [1.82, 2.24) is 25.2 Å². The molecule has 11 heteroatoms. The number of benzene rings is 1. The van der Waals surface area contributed by atoms with E-state index in [0.29, 0.717) is 41.5 Å². The summed E-state index contributed by atoms with van der Waals surface area (Å²) in [5.74, 6) is -1.42. The number of hydrogen-bond donors (Lipinski definition) is 2. The van der Waals surface area contributed by atoms with Gasteiger partial charge in [0.15, 0.2) is 6.10 Å². The number of likely N-dealkylation sites (tertiary alicyclic amines) is 1. The van der Waals surface area contributed by atoms with E-state index in [4.69, 9.17) is 9.47 Å². The smallest absolute Gasteiger partial charge is 0.296 e. The normalized spacial score (nSPS) is 23.1. The van der Waals surface area contributed by atoms with E-state index in [0.717, 1.165) is 32.7 Å². The van der Waals surface area contributed by atoms with Gasteiger partial charge < -0.3 is 20.1 Å². The van der Waals surface area contributed by atoms with E-state index in [2.05, 4.69) is 42.6 Å². The van der Waals surface area contributed by atoms with E-state index in [1.807, 2.05) is 12.3 Å². The highest BCUT2D eigenvalue weighted by atomic mass is 19.3. The van der Waals surface area contributed by atoms with Crippen LogP contribution in [-0.2, 0) is 4.74 Å². The van der Waals surface area contributed by atoms with Gasteiger partial charge in [-0.25, -0.2) is 23.7 Å². The first kappa shape index (κ1) is 25.6.